The van der Waals surface area contributed by atoms with E-state index >= 15 is 0 Å². The summed E-state index contributed by atoms with van der Waals surface area (Å²) in [5, 5.41) is 17.8. The van der Waals surface area contributed by atoms with Crippen LogP contribution in [0.3, 0.4) is 0 Å². The lowest BCUT2D eigenvalue weighted by Gasteiger charge is -2.10. The first kappa shape index (κ1) is 18.3. The van der Waals surface area contributed by atoms with Crippen molar-refractivity contribution >= 4 is 5.97 Å². The van der Waals surface area contributed by atoms with Crippen molar-refractivity contribution in [1.29, 1.82) is 0 Å². The highest BCUT2D eigenvalue weighted by atomic mass is 16.5. The fourth-order valence-electron chi connectivity index (χ4n) is 3.84. The molecule has 0 radical (unpaired) electrons. The van der Waals surface area contributed by atoms with Gasteiger partial charge in [-0.3, -0.25) is 4.79 Å². The predicted molar refractivity (Wildman–Crippen MR) is 101 cm³/mol. The Morgan fingerprint density at radius 3 is 2.77 bits per heavy atom. The van der Waals surface area contributed by atoms with Gasteiger partial charge >= 0.3 is 5.97 Å². The minimum atomic E-state index is -0.834. The quantitative estimate of drug-likeness (QED) is 0.842. The van der Waals surface area contributed by atoms with E-state index in [0.717, 1.165) is 5.56 Å². The number of aromatic hydroxyl groups is 1. The van der Waals surface area contributed by atoms with Crippen LogP contribution < -0.4 is 4.74 Å². The molecule has 26 heavy (non-hydrogen) atoms. The second kappa shape index (κ2) is 7.81. The van der Waals surface area contributed by atoms with E-state index in [1.165, 1.54) is 25.3 Å². The number of benzene rings is 2. The Bertz CT molecular complexity index is 795. The minimum absolute atomic E-state index is 0.0672. The van der Waals surface area contributed by atoms with Crippen LogP contribution >= 0.6 is 0 Å². The van der Waals surface area contributed by atoms with Gasteiger partial charge in [0, 0.05) is 17.5 Å². The number of aryl methyl sites for hydroxylation is 1. The van der Waals surface area contributed by atoms with Crippen molar-refractivity contribution in [3.05, 3.63) is 58.7 Å². The highest BCUT2D eigenvalue weighted by Crippen LogP contribution is 2.37. The lowest BCUT2D eigenvalue weighted by atomic mass is 9.95. The van der Waals surface area contributed by atoms with E-state index in [-0.39, 0.29) is 18.1 Å². The first-order chi connectivity index (χ1) is 12.5. The third-order valence-corrected chi connectivity index (χ3v) is 5.10. The third kappa shape index (κ3) is 4.01. The van der Waals surface area contributed by atoms with Crippen molar-refractivity contribution in [2.24, 2.45) is 0 Å². The molecule has 2 aliphatic rings. The summed E-state index contributed by atoms with van der Waals surface area (Å²) in [5.41, 5.74) is 5.68. The van der Waals surface area contributed by atoms with E-state index in [0.29, 0.717) is 18.3 Å². The van der Waals surface area contributed by atoms with Gasteiger partial charge in [0.1, 0.15) is 11.5 Å². The van der Waals surface area contributed by atoms with Crippen LogP contribution in [0.1, 0.15) is 60.8 Å². The Labute approximate surface area is 154 Å². The first-order valence-electron chi connectivity index (χ1n) is 9.24. The SMILES string of the molecule is CC(C)c1cccc2c1CCC2.O=C(O)C[C@@H]1COc2cc(O)ccc21. The van der Waals surface area contributed by atoms with Crippen LogP contribution in [0.5, 0.6) is 11.5 Å². The monoisotopic (exact) mass is 354 g/mol. The van der Waals surface area contributed by atoms with Crippen molar-refractivity contribution in [2.75, 3.05) is 6.61 Å². The highest BCUT2D eigenvalue weighted by molar-refractivity contribution is 5.68. The number of carbonyl (C=O) groups is 1. The summed E-state index contributed by atoms with van der Waals surface area (Å²) < 4.78 is 5.27. The fourth-order valence-corrected chi connectivity index (χ4v) is 3.84. The molecule has 138 valence electrons. The van der Waals surface area contributed by atoms with Crippen LogP contribution in [0.2, 0.25) is 0 Å². The molecule has 0 saturated heterocycles. The van der Waals surface area contributed by atoms with E-state index in [2.05, 4.69) is 32.0 Å². The fraction of sp³-hybridized carbons (Fsp3) is 0.409. The van der Waals surface area contributed by atoms with E-state index in [4.69, 9.17) is 14.9 Å². The molecule has 0 spiro atoms. The molecule has 4 heteroatoms. The van der Waals surface area contributed by atoms with Gasteiger partial charge in [0.15, 0.2) is 0 Å². The number of rotatable bonds is 3. The smallest absolute Gasteiger partial charge is 0.304 e. The summed E-state index contributed by atoms with van der Waals surface area (Å²) in [6.45, 7) is 4.95. The molecule has 0 fully saturated rings. The molecule has 1 aliphatic heterocycles. The summed E-state index contributed by atoms with van der Waals surface area (Å²) in [4.78, 5) is 10.5. The number of hydrogen-bond donors (Lipinski definition) is 2. The molecule has 1 aliphatic carbocycles. The maximum absolute atomic E-state index is 10.5. The Morgan fingerprint density at radius 1 is 1.23 bits per heavy atom. The molecular formula is C22H26O4. The van der Waals surface area contributed by atoms with Crippen molar-refractivity contribution in [1.82, 2.24) is 0 Å². The summed E-state index contributed by atoms with van der Waals surface area (Å²) in [7, 11) is 0. The average Bonchev–Trinajstić information content (AvgIpc) is 3.21. The van der Waals surface area contributed by atoms with E-state index < -0.39 is 5.97 Å². The van der Waals surface area contributed by atoms with Crippen molar-refractivity contribution < 1.29 is 19.7 Å². The van der Waals surface area contributed by atoms with Gasteiger partial charge in [-0.05, 0) is 47.9 Å². The zero-order chi connectivity index (χ0) is 18.7. The molecule has 0 unspecified atom stereocenters. The van der Waals surface area contributed by atoms with Crippen LogP contribution in [0.4, 0.5) is 0 Å². The highest BCUT2D eigenvalue weighted by Gasteiger charge is 2.26. The van der Waals surface area contributed by atoms with Gasteiger partial charge in [0.2, 0.25) is 0 Å². The molecule has 4 nitrogen and oxygen atoms in total. The Hall–Kier alpha value is -2.49. The van der Waals surface area contributed by atoms with Gasteiger partial charge in [-0.2, -0.15) is 0 Å². The van der Waals surface area contributed by atoms with Gasteiger partial charge in [-0.15, -0.1) is 0 Å². The molecule has 4 rings (SSSR count). The lowest BCUT2D eigenvalue weighted by Crippen LogP contribution is -2.07. The molecule has 0 amide bonds. The maximum atomic E-state index is 10.5. The molecule has 2 aromatic rings. The number of carboxylic acids is 1. The normalized spacial score (nSPS) is 17.1. The van der Waals surface area contributed by atoms with E-state index in [9.17, 15) is 4.79 Å². The summed E-state index contributed by atoms with van der Waals surface area (Å²) in [6, 6.07) is 11.5. The molecule has 0 aromatic heterocycles. The Morgan fingerprint density at radius 2 is 2.04 bits per heavy atom. The van der Waals surface area contributed by atoms with Crippen LogP contribution in [-0.4, -0.2) is 22.8 Å². The van der Waals surface area contributed by atoms with Gasteiger partial charge in [0.25, 0.3) is 0 Å². The van der Waals surface area contributed by atoms with Crippen LogP contribution in [-0.2, 0) is 17.6 Å². The zero-order valence-corrected chi connectivity index (χ0v) is 15.4. The molecule has 0 bridgehead atoms. The molecule has 2 N–H and O–H groups in total. The predicted octanol–water partition coefficient (Wildman–Crippen LogP) is 4.64. The summed E-state index contributed by atoms with van der Waals surface area (Å²) in [5.74, 6) is 0.497. The van der Waals surface area contributed by atoms with Crippen molar-refractivity contribution in [2.45, 2.75) is 51.4 Å². The van der Waals surface area contributed by atoms with Crippen molar-refractivity contribution in [3.63, 3.8) is 0 Å². The van der Waals surface area contributed by atoms with E-state index in [1.54, 1.807) is 28.8 Å². The molecule has 1 atom stereocenters. The number of aliphatic carboxylic acids is 1. The molecular weight excluding hydrogens is 328 g/mol. The summed E-state index contributed by atoms with van der Waals surface area (Å²) >= 11 is 0. The molecule has 0 saturated carbocycles. The van der Waals surface area contributed by atoms with Crippen LogP contribution in [0, 0.1) is 0 Å². The Kier molecular flexibility index (Phi) is 5.50. The lowest BCUT2D eigenvalue weighted by molar-refractivity contribution is -0.137. The van der Waals surface area contributed by atoms with Crippen LogP contribution in [0.15, 0.2) is 36.4 Å². The minimum Gasteiger partial charge on any atom is -0.508 e. The Balaban J connectivity index is 0.000000152. The first-order valence-corrected chi connectivity index (χ1v) is 9.24. The summed E-state index contributed by atoms with van der Waals surface area (Å²) in [6.07, 6.45) is 4.04. The number of phenols is 1. The maximum Gasteiger partial charge on any atom is 0.304 e. The number of carboxylic acid groups (broad SMARTS) is 1. The standard InChI is InChI=1S/C12H16.C10H10O4/c1-9(2)11-7-3-5-10-6-4-8-12(10)11;11-7-1-2-8-6(3-10(12)13)5-14-9(8)4-7/h3,5,7,9H,4,6,8H2,1-2H3;1-2,4,6,11H,3,5H2,(H,12,13)/t;6-/m.1/s1. The van der Waals surface area contributed by atoms with E-state index in [1.807, 2.05) is 0 Å². The average molecular weight is 354 g/mol. The third-order valence-electron chi connectivity index (χ3n) is 5.10. The molecule has 1 heterocycles. The number of fused-ring (bicyclic) bond motifs is 2. The van der Waals surface area contributed by atoms with Crippen LogP contribution in [0.25, 0.3) is 0 Å². The van der Waals surface area contributed by atoms with Crippen molar-refractivity contribution in [3.8, 4) is 11.5 Å². The molecule has 2 aromatic carbocycles. The van der Waals surface area contributed by atoms with Gasteiger partial charge in [-0.1, -0.05) is 38.1 Å². The second-order valence-electron chi connectivity index (χ2n) is 7.32. The topological polar surface area (TPSA) is 66.8 Å². The second-order valence-corrected chi connectivity index (χ2v) is 7.32. The number of phenolic OH excluding ortho intramolecular Hbond substituents is 1. The van der Waals surface area contributed by atoms with Gasteiger partial charge < -0.3 is 14.9 Å². The van der Waals surface area contributed by atoms with Gasteiger partial charge in [0.05, 0.1) is 13.0 Å². The zero-order valence-electron chi connectivity index (χ0n) is 15.4. The van der Waals surface area contributed by atoms with Gasteiger partial charge in [-0.25, -0.2) is 0 Å². The largest absolute Gasteiger partial charge is 0.508 e. The number of hydrogen-bond acceptors (Lipinski definition) is 3. The number of ether oxygens (including phenoxy) is 1.